The largest absolute Gasteiger partial charge is 0.439 e. The predicted molar refractivity (Wildman–Crippen MR) is 105 cm³/mol. The van der Waals surface area contributed by atoms with E-state index in [1.165, 1.54) is 5.69 Å². The molecule has 1 amide bonds. The molecule has 1 saturated heterocycles. The topological polar surface area (TPSA) is 54.5 Å². The zero-order valence-corrected chi connectivity index (χ0v) is 14.9. The molecular formula is C22H21N3O2. The molecule has 27 heavy (non-hydrogen) atoms. The molecule has 2 heterocycles. The number of para-hydroxylation sites is 2. The third-order valence-electron chi connectivity index (χ3n) is 4.61. The lowest BCUT2D eigenvalue weighted by Crippen LogP contribution is -2.37. The van der Waals surface area contributed by atoms with Crippen LogP contribution in [-0.2, 0) is 0 Å². The molecule has 0 saturated carbocycles. The highest BCUT2D eigenvalue weighted by Crippen LogP contribution is 2.21. The SMILES string of the molecule is O=C(NC1CCN(c2ccccc2)C1)c1ccc(Oc2ccccc2)nc1. The second-order valence-electron chi connectivity index (χ2n) is 6.54. The molecule has 1 N–H and O–H groups in total. The van der Waals surface area contributed by atoms with Crippen molar-refractivity contribution in [2.45, 2.75) is 12.5 Å². The first-order valence-corrected chi connectivity index (χ1v) is 9.08. The summed E-state index contributed by atoms with van der Waals surface area (Å²) in [4.78, 5) is 19.0. The number of hydrogen-bond acceptors (Lipinski definition) is 4. The Kier molecular flexibility index (Phi) is 5.01. The van der Waals surface area contributed by atoms with Gasteiger partial charge in [0.1, 0.15) is 5.75 Å². The molecule has 1 aromatic heterocycles. The van der Waals surface area contributed by atoms with Gasteiger partial charge in [0.05, 0.1) is 5.56 Å². The van der Waals surface area contributed by atoms with Gasteiger partial charge in [-0.15, -0.1) is 0 Å². The molecule has 4 rings (SSSR count). The van der Waals surface area contributed by atoms with Gasteiger partial charge in [-0.1, -0.05) is 36.4 Å². The smallest absolute Gasteiger partial charge is 0.253 e. The molecule has 1 fully saturated rings. The number of benzene rings is 2. The van der Waals surface area contributed by atoms with Gasteiger partial charge in [0.25, 0.3) is 5.91 Å². The van der Waals surface area contributed by atoms with Crippen LogP contribution in [0.25, 0.3) is 0 Å². The van der Waals surface area contributed by atoms with Crippen LogP contribution >= 0.6 is 0 Å². The third-order valence-corrected chi connectivity index (χ3v) is 4.61. The fraction of sp³-hybridized carbons (Fsp3) is 0.182. The van der Waals surface area contributed by atoms with E-state index >= 15 is 0 Å². The first-order valence-electron chi connectivity index (χ1n) is 9.08. The Morgan fingerprint density at radius 3 is 2.44 bits per heavy atom. The van der Waals surface area contributed by atoms with Crippen LogP contribution in [-0.4, -0.2) is 30.0 Å². The van der Waals surface area contributed by atoms with Crippen LogP contribution in [0, 0.1) is 0 Å². The van der Waals surface area contributed by atoms with Crippen LogP contribution in [0.2, 0.25) is 0 Å². The van der Waals surface area contributed by atoms with E-state index in [1.54, 1.807) is 18.3 Å². The van der Waals surface area contributed by atoms with Crippen molar-refractivity contribution in [1.82, 2.24) is 10.3 Å². The summed E-state index contributed by atoms with van der Waals surface area (Å²) in [6.07, 6.45) is 2.49. The van der Waals surface area contributed by atoms with Crippen LogP contribution in [0.15, 0.2) is 79.0 Å². The number of carbonyl (C=O) groups excluding carboxylic acids is 1. The zero-order chi connectivity index (χ0) is 18.5. The molecule has 1 aliphatic rings. The second kappa shape index (κ2) is 7.91. The van der Waals surface area contributed by atoms with Gasteiger partial charge in [-0.05, 0) is 36.8 Å². The second-order valence-corrected chi connectivity index (χ2v) is 6.54. The van der Waals surface area contributed by atoms with E-state index in [9.17, 15) is 4.79 Å². The summed E-state index contributed by atoms with van der Waals surface area (Å²) in [5.74, 6) is 1.08. The van der Waals surface area contributed by atoms with Crippen molar-refractivity contribution in [3.05, 3.63) is 84.6 Å². The Morgan fingerprint density at radius 2 is 1.74 bits per heavy atom. The van der Waals surface area contributed by atoms with Crippen molar-refractivity contribution in [2.75, 3.05) is 18.0 Å². The van der Waals surface area contributed by atoms with Gasteiger partial charge in [0.15, 0.2) is 0 Å². The number of carbonyl (C=O) groups is 1. The van der Waals surface area contributed by atoms with Crippen LogP contribution in [0.4, 0.5) is 5.69 Å². The Morgan fingerprint density at radius 1 is 1.00 bits per heavy atom. The number of anilines is 1. The van der Waals surface area contributed by atoms with Gasteiger partial charge >= 0.3 is 0 Å². The average molecular weight is 359 g/mol. The fourth-order valence-electron chi connectivity index (χ4n) is 3.20. The van der Waals surface area contributed by atoms with E-state index in [1.807, 2.05) is 48.5 Å². The van der Waals surface area contributed by atoms with Gasteiger partial charge in [0.2, 0.25) is 5.88 Å². The molecule has 3 aromatic rings. The van der Waals surface area contributed by atoms with Gasteiger partial charge in [-0.25, -0.2) is 4.98 Å². The lowest BCUT2D eigenvalue weighted by atomic mass is 10.2. The summed E-state index contributed by atoms with van der Waals surface area (Å²) in [6.45, 7) is 1.76. The average Bonchev–Trinajstić information content (AvgIpc) is 3.18. The summed E-state index contributed by atoms with van der Waals surface area (Å²) >= 11 is 0. The maximum atomic E-state index is 12.5. The van der Waals surface area contributed by atoms with Crippen LogP contribution in [0.3, 0.4) is 0 Å². The molecule has 136 valence electrons. The summed E-state index contributed by atoms with van der Waals surface area (Å²) in [7, 11) is 0. The maximum Gasteiger partial charge on any atom is 0.253 e. The number of ether oxygens (including phenoxy) is 1. The molecule has 1 unspecified atom stereocenters. The number of amides is 1. The van der Waals surface area contributed by atoms with Crippen LogP contribution in [0.1, 0.15) is 16.8 Å². The predicted octanol–water partition coefficient (Wildman–Crippen LogP) is 3.88. The molecule has 2 aromatic carbocycles. The van der Waals surface area contributed by atoms with E-state index in [-0.39, 0.29) is 11.9 Å². The molecule has 0 aliphatic carbocycles. The Bertz CT molecular complexity index is 882. The maximum absolute atomic E-state index is 12.5. The fourth-order valence-corrected chi connectivity index (χ4v) is 3.20. The highest BCUT2D eigenvalue weighted by molar-refractivity contribution is 5.94. The van der Waals surface area contributed by atoms with Crippen molar-refractivity contribution in [3.8, 4) is 11.6 Å². The van der Waals surface area contributed by atoms with Crippen LogP contribution in [0.5, 0.6) is 11.6 Å². The molecule has 0 radical (unpaired) electrons. The van der Waals surface area contributed by atoms with Gasteiger partial charge in [-0.2, -0.15) is 0 Å². The highest BCUT2D eigenvalue weighted by Gasteiger charge is 2.24. The summed E-state index contributed by atoms with van der Waals surface area (Å²) in [5.41, 5.74) is 1.73. The van der Waals surface area contributed by atoms with Crippen molar-refractivity contribution in [2.24, 2.45) is 0 Å². The Balaban J connectivity index is 1.33. The number of pyridine rings is 1. The summed E-state index contributed by atoms with van der Waals surface area (Å²) < 4.78 is 5.66. The molecule has 1 aliphatic heterocycles. The van der Waals surface area contributed by atoms with E-state index in [2.05, 4.69) is 27.3 Å². The van der Waals surface area contributed by atoms with Crippen molar-refractivity contribution >= 4 is 11.6 Å². The molecule has 1 atom stereocenters. The number of rotatable bonds is 5. The number of nitrogens with zero attached hydrogens (tertiary/aromatic N) is 2. The number of hydrogen-bond donors (Lipinski definition) is 1. The minimum absolute atomic E-state index is 0.103. The molecule has 0 bridgehead atoms. The van der Waals surface area contributed by atoms with E-state index in [4.69, 9.17) is 4.74 Å². The summed E-state index contributed by atoms with van der Waals surface area (Å²) in [5, 5.41) is 3.10. The first kappa shape index (κ1) is 17.1. The Labute approximate surface area is 158 Å². The third kappa shape index (κ3) is 4.26. The minimum atomic E-state index is -0.103. The molecular weight excluding hydrogens is 338 g/mol. The quantitative estimate of drug-likeness (QED) is 0.751. The van der Waals surface area contributed by atoms with E-state index < -0.39 is 0 Å². The molecule has 0 spiro atoms. The lowest BCUT2D eigenvalue weighted by Gasteiger charge is -2.19. The first-order chi connectivity index (χ1) is 13.3. The van der Waals surface area contributed by atoms with Crippen molar-refractivity contribution in [3.63, 3.8) is 0 Å². The number of aromatic nitrogens is 1. The number of nitrogens with one attached hydrogen (secondary N) is 1. The van der Waals surface area contributed by atoms with Gasteiger partial charge in [-0.3, -0.25) is 4.79 Å². The van der Waals surface area contributed by atoms with Crippen molar-refractivity contribution in [1.29, 1.82) is 0 Å². The van der Waals surface area contributed by atoms with E-state index in [0.717, 1.165) is 19.5 Å². The minimum Gasteiger partial charge on any atom is -0.439 e. The standard InChI is InChI=1S/C22H21N3O2/c26-22(24-18-13-14-25(16-18)19-7-3-1-4-8-19)17-11-12-21(23-15-17)27-20-9-5-2-6-10-20/h1-12,15,18H,13-14,16H2,(H,24,26). The monoisotopic (exact) mass is 359 g/mol. The van der Waals surface area contributed by atoms with Crippen LogP contribution < -0.4 is 15.0 Å². The van der Waals surface area contributed by atoms with Gasteiger partial charge < -0.3 is 15.0 Å². The normalized spacial score (nSPS) is 16.1. The zero-order valence-electron chi connectivity index (χ0n) is 14.9. The van der Waals surface area contributed by atoms with Crippen molar-refractivity contribution < 1.29 is 9.53 Å². The summed E-state index contributed by atoms with van der Waals surface area (Å²) in [6, 6.07) is 23.3. The molecule has 5 nitrogen and oxygen atoms in total. The lowest BCUT2D eigenvalue weighted by molar-refractivity contribution is 0.0940. The van der Waals surface area contributed by atoms with E-state index in [0.29, 0.717) is 17.2 Å². The van der Waals surface area contributed by atoms with Gasteiger partial charge in [0, 0.05) is 37.1 Å². The molecule has 5 heteroatoms. The Hall–Kier alpha value is -3.34. The highest BCUT2D eigenvalue weighted by atomic mass is 16.5.